The summed E-state index contributed by atoms with van der Waals surface area (Å²) >= 11 is 0. The maximum Gasteiger partial charge on any atom is 0.0684 e. The third-order valence-electron chi connectivity index (χ3n) is 3.25. The molecule has 15 heavy (non-hydrogen) atoms. The summed E-state index contributed by atoms with van der Waals surface area (Å²) in [6.07, 6.45) is 7.37. The molecule has 0 bridgehead atoms. The van der Waals surface area contributed by atoms with Gasteiger partial charge in [-0.1, -0.05) is 24.3 Å². The molecule has 1 nitrogen and oxygen atoms in total. The maximum absolute atomic E-state index is 9.22. The third kappa shape index (κ3) is 2.13. The minimum atomic E-state index is 0.146. The molecule has 1 aromatic rings. The average molecular weight is 202 g/mol. The van der Waals surface area contributed by atoms with E-state index in [9.17, 15) is 5.11 Å². The second-order valence-electron chi connectivity index (χ2n) is 4.22. The molecule has 0 radical (unpaired) electrons. The van der Waals surface area contributed by atoms with Crippen molar-refractivity contribution in [1.82, 2.24) is 0 Å². The first-order valence-electron chi connectivity index (χ1n) is 5.71. The Bertz CT molecular complexity index is 377. The minimum absolute atomic E-state index is 0.146. The summed E-state index contributed by atoms with van der Waals surface area (Å²) in [5.41, 5.74) is 5.10. The van der Waals surface area contributed by atoms with E-state index in [1.54, 1.807) is 0 Å². The molecule has 0 aromatic heterocycles. The van der Waals surface area contributed by atoms with Gasteiger partial charge in [-0.15, -0.1) is 0 Å². The molecule has 0 amide bonds. The second kappa shape index (κ2) is 4.63. The van der Waals surface area contributed by atoms with E-state index in [4.69, 9.17) is 0 Å². The van der Waals surface area contributed by atoms with Crippen molar-refractivity contribution in [3.63, 3.8) is 0 Å². The van der Waals surface area contributed by atoms with Crippen molar-refractivity contribution in [3.05, 3.63) is 41.0 Å². The Balaban J connectivity index is 2.39. The van der Waals surface area contributed by atoms with Crippen LogP contribution in [0.4, 0.5) is 0 Å². The standard InChI is InChI=1S/C14H18O/c1-11-13(10-15)8-5-9-14(11)12-6-3-2-4-7-12/h5-6,8-9,15H,2-4,7,10H2,1H3. The molecule has 0 unspecified atom stereocenters. The quantitative estimate of drug-likeness (QED) is 0.778. The van der Waals surface area contributed by atoms with Gasteiger partial charge in [-0.2, -0.15) is 0 Å². The van der Waals surface area contributed by atoms with Crippen LogP contribution in [-0.2, 0) is 6.61 Å². The number of hydrogen-bond acceptors (Lipinski definition) is 1. The van der Waals surface area contributed by atoms with Crippen LogP contribution in [-0.4, -0.2) is 5.11 Å². The Hall–Kier alpha value is -1.08. The lowest BCUT2D eigenvalue weighted by Crippen LogP contribution is -1.97. The SMILES string of the molecule is Cc1c(CO)cccc1C1=CCCCC1. The number of rotatable bonds is 2. The first-order valence-corrected chi connectivity index (χ1v) is 5.71. The predicted molar refractivity (Wildman–Crippen MR) is 63.5 cm³/mol. The summed E-state index contributed by atoms with van der Waals surface area (Å²) in [5, 5.41) is 9.22. The molecule has 0 aliphatic heterocycles. The zero-order chi connectivity index (χ0) is 10.7. The predicted octanol–water partition coefficient (Wildman–Crippen LogP) is 3.44. The molecule has 0 atom stereocenters. The van der Waals surface area contributed by atoms with Crippen LogP contribution in [0.5, 0.6) is 0 Å². The van der Waals surface area contributed by atoms with Crippen LogP contribution in [0.25, 0.3) is 5.57 Å². The van der Waals surface area contributed by atoms with Crippen LogP contribution < -0.4 is 0 Å². The van der Waals surface area contributed by atoms with E-state index in [2.05, 4.69) is 19.1 Å². The molecular weight excluding hydrogens is 184 g/mol. The van der Waals surface area contributed by atoms with Crippen LogP contribution >= 0.6 is 0 Å². The van der Waals surface area contributed by atoms with E-state index in [0.717, 1.165) is 5.56 Å². The fourth-order valence-electron chi connectivity index (χ4n) is 2.29. The maximum atomic E-state index is 9.22. The molecule has 0 saturated carbocycles. The molecule has 1 aliphatic carbocycles. The van der Waals surface area contributed by atoms with E-state index in [1.165, 1.54) is 42.4 Å². The second-order valence-corrected chi connectivity index (χ2v) is 4.22. The van der Waals surface area contributed by atoms with E-state index < -0.39 is 0 Å². The van der Waals surface area contributed by atoms with Crippen molar-refractivity contribution in [2.45, 2.75) is 39.2 Å². The van der Waals surface area contributed by atoms with Crippen molar-refractivity contribution < 1.29 is 5.11 Å². The highest BCUT2D eigenvalue weighted by molar-refractivity contribution is 5.69. The van der Waals surface area contributed by atoms with E-state index in [1.807, 2.05) is 12.1 Å². The van der Waals surface area contributed by atoms with Crippen LogP contribution in [0.3, 0.4) is 0 Å². The first kappa shape index (κ1) is 10.4. The fourth-order valence-corrected chi connectivity index (χ4v) is 2.29. The lowest BCUT2D eigenvalue weighted by atomic mass is 9.89. The number of allylic oxidation sites excluding steroid dienone is 2. The Labute approximate surface area is 91.4 Å². The summed E-state index contributed by atoms with van der Waals surface area (Å²) in [7, 11) is 0. The summed E-state index contributed by atoms with van der Waals surface area (Å²) < 4.78 is 0. The highest BCUT2D eigenvalue weighted by Gasteiger charge is 2.10. The molecule has 0 fully saturated rings. The lowest BCUT2D eigenvalue weighted by molar-refractivity contribution is 0.281. The molecule has 80 valence electrons. The number of benzene rings is 1. The molecule has 1 aromatic carbocycles. The zero-order valence-electron chi connectivity index (χ0n) is 9.29. The summed E-state index contributed by atoms with van der Waals surface area (Å²) in [6, 6.07) is 6.22. The van der Waals surface area contributed by atoms with E-state index in [0.29, 0.717) is 0 Å². The van der Waals surface area contributed by atoms with Gasteiger partial charge in [-0.05, 0) is 54.9 Å². The fraction of sp³-hybridized carbons (Fsp3) is 0.429. The number of aliphatic hydroxyl groups excluding tert-OH is 1. The minimum Gasteiger partial charge on any atom is -0.392 e. The van der Waals surface area contributed by atoms with Crippen LogP contribution in [0.2, 0.25) is 0 Å². The van der Waals surface area contributed by atoms with Gasteiger partial charge in [0.05, 0.1) is 6.61 Å². The topological polar surface area (TPSA) is 20.2 Å². The largest absolute Gasteiger partial charge is 0.392 e. The molecule has 0 spiro atoms. The first-order chi connectivity index (χ1) is 7.33. The Morgan fingerprint density at radius 2 is 2.13 bits per heavy atom. The summed E-state index contributed by atoms with van der Waals surface area (Å²) in [5.74, 6) is 0. The van der Waals surface area contributed by atoms with Gasteiger partial charge in [0.1, 0.15) is 0 Å². The van der Waals surface area contributed by atoms with Crippen molar-refractivity contribution in [2.24, 2.45) is 0 Å². The Morgan fingerprint density at radius 3 is 2.80 bits per heavy atom. The molecule has 2 rings (SSSR count). The van der Waals surface area contributed by atoms with Crippen molar-refractivity contribution in [2.75, 3.05) is 0 Å². The number of aliphatic hydroxyl groups is 1. The highest BCUT2D eigenvalue weighted by Crippen LogP contribution is 2.29. The molecule has 0 heterocycles. The molecule has 1 heteroatoms. The average Bonchev–Trinajstić information content (AvgIpc) is 2.30. The van der Waals surface area contributed by atoms with Crippen LogP contribution in [0.15, 0.2) is 24.3 Å². The monoisotopic (exact) mass is 202 g/mol. The van der Waals surface area contributed by atoms with Crippen LogP contribution in [0, 0.1) is 6.92 Å². The Kier molecular flexibility index (Phi) is 3.22. The van der Waals surface area contributed by atoms with Gasteiger partial charge in [0.15, 0.2) is 0 Å². The van der Waals surface area contributed by atoms with Gasteiger partial charge in [0.2, 0.25) is 0 Å². The molecular formula is C14H18O. The van der Waals surface area contributed by atoms with Crippen LogP contribution in [0.1, 0.15) is 42.4 Å². The third-order valence-corrected chi connectivity index (χ3v) is 3.25. The zero-order valence-corrected chi connectivity index (χ0v) is 9.29. The molecule has 1 aliphatic rings. The van der Waals surface area contributed by atoms with Gasteiger partial charge in [0, 0.05) is 0 Å². The highest BCUT2D eigenvalue weighted by atomic mass is 16.3. The molecule has 0 saturated heterocycles. The van der Waals surface area contributed by atoms with Crippen molar-refractivity contribution in [3.8, 4) is 0 Å². The molecule has 1 N–H and O–H groups in total. The van der Waals surface area contributed by atoms with Crippen molar-refractivity contribution in [1.29, 1.82) is 0 Å². The van der Waals surface area contributed by atoms with Gasteiger partial charge < -0.3 is 5.11 Å². The van der Waals surface area contributed by atoms with Gasteiger partial charge in [0.25, 0.3) is 0 Å². The lowest BCUT2D eigenvalue weighted by Gasteiger charge is -2.16. The van der Waals surface area contributed by atoms with E-state index in [-0.39, 0.29) is 6.61 Å². The smallest absolute Gasteiger partial charge is 0.0684 e. The summed E-state index contributed by atoms with van der Waals surface area (Å²) in [6.45, 7) is 2.25. The van der Waals surface area contributed by atoms with Gasteiger partial charge >= 0.3 is 0 Å². The van der Waals surface area contributed by atoms with Gasteiger partial charge in [-0.25, -0.2) is 0 Å². The Morgan fingerprint density at radius 1 is 1.27 bits per heavy atom. The van der Waals surface area contributed by atoms with E-state index >= 15 is 0 Å². The normalized spacial score (nSPS) is 16.3. The number of hydrogen-bond donors (Lipinski definition) is 1. The summed E-state index contributed by atoms with van der Waals surface area (Å²) in [4.78, 5) is 0. The van der Waals surface area contributed by atoms with Crippen molar-refractivity contribution >= 4 is 5.57 Å². The van der Waals surface area contributed by atoms with Gasteiger partial charge in [-0.3, -0.25) is 0 Å².